The molecule has 0 bridgehead atoms. The molecule has 0 radical (unpaired) electrons. The van der Waals surface area contributed by atoms with Crippen LogP contribution in [-0.4, -0.2) is 4.98 Å². The van der Waals surface area contributed by atoms with E-state index in [2.05, 4.69) is 74.8 Å². The van der Waals surface area contributed by atoms with Gasteiger partial charge in [-0.3, -0.25) is 4.98 Å². The molecular weight excluding hydrogens is 502 g/mol. The lowest BCUT2D eigenvalue weighted by Gasteiger charge is -2.60. The average molecular weight is 551 g/mol. The van der Waals surface area contributed by atoms with Gasteiger partial charge < -0.3 is 0 Å². The number of hydrogen-bond acceptors (Lipinski definition) is 1. The number of nitrogens with zero attached hydrogens (tertiary/aromatic N) is 1. The van der Waals surface area contributed by atoms with Crippen LogP contribution in [0, 0.1) is 52.3 Å². The Labute approximate surface area is 228 Å². The highest BCUT2D eigenvalue weighted by molar-refractivity contribution is 9.10. The molecule has 4 aliphatic carbocycles. The highest BCUT2D eigenvalue weighted by Gasteiger charge is 2.60. The van der Waals surface area contributed by atoms with Crippen LogP contribution in [0.15, 0.2) is 28.7 Å². The number of halogens is 1. The second-order valence-corrected chi connectivity index (χ2v) is 15.4. The molecule has 36 heavy (non-hydrogen) atoms. The zero-order valence-corrected chi connectivity index (χ0v) is 25.0. The Morgan fingerprint density at radius 2 is 1.75 bits per heavy atom. The Bertz CT molecular complexity index is 1120. The molecule has 0 N–H and O–H groups in total. The number of rotatable bonds is 5. The van der Waals surface area contributed by atoms with Crippen LogP contribution in [0.3, 0.4) is 0 Å². The summed E-state index contributed by atoms with van der Waals surface area (Å²) in [6.07, 6.45) is 15.6. The summed E-state index contributed by atoms with van der Waals surface area (Å²) in [5.41, 5.74) is 5.18. The van der Waals surface area contributed by atoms with Crippen molar-refractivity contribution < 1.29 is 0 Å². The topological polar surface area (TPSA) is 12.9 Å². The maximum atomic E-state index is 5.19. The summed E-state index contributed by atoms with van der Waals surface area (Å²) in [5.74, 6) is 6.38. The van der Waals surface area contributed by atoms with Crippen molar-refractivity contribution in [2.24, 2.45) is 52.3 Å². The average Bonchev–Trinajstić information content (AvgIpc) is 3.18. The Balaban J connectivity index is 1.23. The molecule has 3 fully saturated rings. The third-order valence-electron chi connectivity index (χ3n) is 12.2. The van der Waals surface area contributed by atoms with E-state index in [1.165, 1.54) is 87.2 Å². The molecular formula is C34H48BrN. The lowest BCUT2D eigenvalue weighted by atomic mass is 9.44. The molecule has 8 atom stereocenters. The SMILES string of the molecule is CC(C)CCC[C@@H](C)[C@H]1CCC2C3CC[C@H]4Cc5nc6ccc(Br)cc6cc5C[C@]4(C)C3CC[C@@]21C. The van der Waals surface area contributed by atoms with Crippen LogP contribution in [0.5, 0.6) is 0 Å². The smallest absolute Gasteiger partial charge is 0.0706 e. The van der Waals surface area contributed by atoms with Crippen LogP contribution in [0.1, 0.15) is 104 Å². The van der Waals surface area contributed by atoms with Crippen molar-refractivity contribution in [2.75, 3.05) is 0 Å². The fraction of sp³-hybridized carbons (Fsp3) is 0.735. The van der Waals surface area contributed by atoms with Crippen molar-refractivity contribution >= 4 is 26.8 Å². The second kappa shape index (κ2) is 9.39. The number of hydrogen-bond donors (Lipinski definition) is 0. The van der Waals surface area contributed by atoms with Gasteiger partial charge in [0.1, 0.15) is 0 Å². The van der Waals surface area contributed by atoms with Gasteiger partial charge in [-0.25, -0.2) is 0 Å². The van der Waals surface area contributed by atoms with Crippen LogP contribution >= 0.6 is 15.9 Å². The second-order valence-electron chi connectivity index (χ2n) is 14.5. The van der Waals surface area contributed by atoms with Crippen LogP contribution in [0.2, 0.25) is 0 Å². The standard InChI is InChI=1S/C34H48BrN/c1-21(2)7-6-8-22(3)28-12-13-29-27-11-9-25-19-32-24(17-23-18-26(35)10-14-31(23)36-32)20-34(25,5)30(27)15-16-33(28,29)4/h10,14,17-18,21-22,25,27-30H,6-9,11-13,15-16,19-20H2,1-5H3/t22-,25+,27?,28-,29?,30?,33-,34+/m1/s1. The summed E-state index contributed by atoms with van der Waals surface area (Å²) in [6.45, 7) is 12.8. The highest BCUT2D eigenvalue weighted by atomic mass is 79.9. The van der Waals surface area contributed by atoms with E-state index in [-0.39, 0.29) is 0 Å². The predicted octanol–water partition coefficient (Wildman–Crippen LogP) is 10.0. The molecule has 1 nitrogen and oxygen atoms in total. The normalized spacial score (nSPS) is 38.4. The number of benzene rings is 1. The van der Waals surface area contributed by atoms with E-state index in [0.29, 0.717) is 10.8 Å². The summed E-state index contributed by atoms with van der Waals surface area (Å²) < 4.78 is 1.16. The van der Waals surface area contributed by atoms with Crippen molar-refractivity contribution in [3.05, 3.63) is 40.0 Å². The van der Waals surface area contributed by atoms with Crippen molar-refractivity contribution in [2.45, 2.75) is 105 Å². The van der Waals surface area contributed by atoms with Gasteiger partial charge in [-0.2, -0.15) is 0 Å². The fourth-order valence-electron chi connectivity index (χ4n) is 10.4. The molecule has 196 valence electrons. The molecule has 3 unspecified atom stereocenters. The van der Waals surface area contributed by atoms with Gasteiger partial charge in [-0.15, -0.1) is 0 Å². The number of aromatic nitrogens is 1. The quantitative estimate of drug-likeness (QED) is 0.361. The summed E-state index contributed by atoms with van der Waals surface area (Å²) in [5, 5.41) is 1.30. The van der Waals surface area contributed by atoms with E-state index in [0.717, 1.165) is 45.9 Å². The van der Waals surface area contributed by atoms with Crippen LogP contribution < -0.4 is 0 Å². The zero-order chi connectivity index (χ0) is 25.2. The van der Waals surface area contributed by atoms with Gasteiger partial charge in [0.25, 0.3) is 0 Å². The molecule has 0 amide bonds. The summed E-state index contributed by atoms with van der Waals surface area (Å²) >= 11 is 3.68. The maximum Gasteiger partial charge on any atom is 0.0706 e. The zero-order valence-electron chi connectivity index (χ0n) is 23.5. The Hall–Kier alpha value is -0.890. The van der Waals surface area contributed by atoms with E-state index in [9.17, 15) is 0 Å². The Kier molecular flexibility index (Phi) is 6.62. The molecule has 1 aromatic carbocycles. The van der Waals surface area contributed by atoms with Crippen LogP contribution in [-0.2, 0) is 12.8 Å². The van der Waals surface area contributed by atoms with E-state index >= 15 is 0 Å². The van der Waals surface area contributed by atoms with Gasteiger partial charge in [-0.05, 0) is 133 Å². The number of fused-ring (bicyclic) bond motifs is 7. The van der Waals surface area contributed by atoms with Crippen molar-refractivity contribution in [1.29, 1.82) is 0 Å². The summed E-state index contributed by atoms with van der Waals surface area (Å²) in [4.78, 5) is 5.19. The van der Waals surface area contributed by atoms with Crippen molar-refractivity contribution in [1.82, 2.24) is 4.98 Å². The van der Waals surface area contributed by atoms with E-state index in [4.69, 9.17) is 4.98 Å². The van der Waals surface area contributed by atoms with Crippen LogP contribution in [0.4, 0.5) is 0 Å². The molecule has 2 aromatic rings. The van der Waals surface area contributed by atoms with Gasteiger partial charge in [0, 0.05) is 15.6 Å². The van der Waals surface area contributed by atoms with E-state index in [1.807, 2.05) is 0 Å². The molecule has 3 saturated carbocycles. The molecule has 1 heterocycles. The molecule has 0 saturated heterocycles. The van der Waals surface area contributed by atoms with E-state index in [1.54, 1.807) is 5.56 Å². The first-order valence-corrected chi connectivity index (χ1v) is 16.1. The van der Waals surface area contributed by atoms with Gasteiger partial charge in [0.05, 0.1) is 5.52 Å². The van der Waals surface area contributed by atoms with Crippen molar-refractivity contribution in [3.63, 3.8) is 0 Å². The van der Waals surface area contributed by atoms with Gasteiger partial charge >= 0.3 is 0 Å². The minimum atomic E-state index is 0.458. The van der Waals surface area contributed by atoms with Crippen LogP contribution in [0.25, 0.3) is 10.9 Å². The van der Waals surface area contributed by atoms with Gasteiger partial charge in [-0.1, -0.05) is 69.8 Å². The first-order valence-electron chi connectivity index (χ1n) is 15.3. The third-order valence-corrected chi connectivity index (χ3v) is 12.7. The first-order chi connectivity index (χ1) is 17.2. The minimum absolute atomic E-state index is 0.458. The largest absolute Gasteiger partial charge is 0.253 e. The summed E-state index contributed by atoms with van der Waals surface area (Å²) in [6, 6.07) is 9.07. The lowest BCUT2D eigenvalue weighted by molar-refractivity contribution is -0.103. The Morgan fingerprint density at radius 3 is 2.56 bits per heavy atom. The lowest BCUT2D eigenvalue weighted by Crippen LogP contribution is -2.54. The van der Waals surface area contributed by atoms with E-state index < -0.39 is 0 Å². The molecule has 2 heteroatoms. The molecule has 4 aliphatic rings. The highest BCUT2D eigenvalue weighted by Crippen LogP contribution is 2.68. The van der Waals surface area contributed by atoms with Gasteiger partial charge in [0.2, 0.25) is 0 Å². The first kappa shape index (κ1) is 25.4. The summed E-state index contributed by atoms with van der Waals surface area (Å²) in [7, 11) is 0. The molecule has 0 aliphatic heterocycles. The number of pyridine rings is 1. The molecule has 0 spiro atoms. The predicted molar refractivity (Wildman–Crippen MR) is 156 cm³/mol. The molecule has 6 rings (SSSR count). The minimum Gasteiger partial charge on any atom is -0.253 e. The Morgan fingerprint density at radius 1 is 0.944 bits per heavy atom. The monoisotopic (exact) mass is 549 g/mol. The maximum absolute atomic E-state index is 5.19. The van der Waals surface area contributed by atoms with Gasteiger partial charge in [0.15, 0.2) is 0 Å². The molecule has 1 aromatic heterocycles. The third kappa shape index (κ3) is 4.11. The van der Waals surface area contributed by atoms with Crippen molar-refractivity contribution in [3.8, 4) is 0 Å². The fourth-order valence-corrected chi connectivity index (χ4v) is 10.8.